The summed E-state index contributed by atoms with van der Waals surface area (Å²) < 4.78 is 0. The lowest BCUT2D eigenvalue weighted by Gasteiger charge is -2.26. The first-order chi connectivity index (χ1) is 9.45. The van der Waals surface area contributed by atoms with Crippen LogP contribution in [0, 0.1) is 0 Å². The molecule has 1 aliphatic carbocycles. The van der Waals surface area contributed by atoms with Gasteiger partial charge in [-0.15, -0.1) is 0 Å². The Bertz CT molecular complexity index is 452. The SMILES string of the molecule is CCNc1cc(N(CCO)C2CC2)nc(C(C)(C)C)n1. The van der Waals surface area contributed by atoms with Crippen LogP contribution in [0.5, 0.6) is 0 Å². The van der Waals surface area contributed by atoms with Crippen LogP contribution in [0.25, 0.3) is 0 Å². The number of aliphatic hydroxyl groups is 1. The van der Waals surface area contributed by atoms with Crippen LogP contribution in [-0.2, 0) is 5.41 Å². The third-order valence-electron chi connectivity index (χ3n) is 3.36. The third-order valence-corrected chi connectivity index (χ3v) is 3.36. The number of nitrogens with one attached hydrogen (secondary N) is 1. The number of anilines is 2. The Morgan fingerprint density at radius 2 is 2.05 bits per heavy atom. The quantitative estimate of drug-likeness (QED) is 0.835. The number of nitrogens with zero attached hydrogens (tertiary/aromatic N) is 3. The Hall–Kier alpha value is -1.36. The van der Waals surface area contributed by atoms with Crippen LogP contribution in [-0.4, -0.2) is 40.8 Å². The standard InChI is InChI=1S/C15H26N4O/c1-5-16-12-10-13(18-14(17-12)15(2,3)4)19(8-9-20)11-6-7-11/h10-11,20H,5-9H2,1-4H3,(H,16,17,18). The highest BCUT2D eigenvalue weighted by Crippen LogP contribution is 2.32. The van der Waals surface area contributed by atoms with Gasteiger partial charge in [0.1, 0.15) is 17.5 Å². The van der Waals surface area contributed by atoms with E-state index in [1.54, 1.807) is 0 Å². The van der Waals surface area contributed by atoms with Gasteiger partial charge in [-0.05, 0) is 19.8 Å². The Labute approximate surface area is 121 Å². The molecule has 1 aromatic rings. The van der Waals surface area contributed by atoms with Crippen molar-refractivity contribution in [2.45, 2.75) is 52.0 Å². The maximum Gasteiger partial charge on any atom is 0.138 e. The zero-order valence-corrected chi connectivity index (χ0v) is 13.0. The lowest BCUT2D eigenvalue weighted by molar-refractivity contribution is 0.301. The normalized spacial score (nSPS) is 15.2. The Morgan fingerprint density at radius 3 is 2.55 bits per heavy atom. The predicted octanol–water partition coefficient (Wildman–Crippen LogP) is 2.17. The number of rotatable bonds is 6. The molecule has 2 rings (SSSR count). The summed E-state index contributed by atoms with van der Waals surface area (Å²) in [7, 11) is 0. The van der Waals surface area contributed by atoms with Crippen molar-refractivity contribution in [1.82, 2.24) is 9.97 Å². The van der Waals surface area contributed by atoms with E-state index in [-0.39, 0.29) is 12.0 Å². The van der Waals surface area contributed by atoms with Gasteiger partial charge in [-0.2, -0.15) is 0 Å². The lowest BCUT2D eigenvalue weighted by Crippen LogP contribution is -2.31. The monoisotopic (exact) mass is 278 g/mol. The van der Waals surface area contributed by atoms with Crippen LogP contribution in [0.3, 0.4) is 0 Å². The van der Waals surface area contributed by atoms with Gasteiger partial charge in [0.25, 0.3) is 0 Å². The maximum absolute atomic E-state index is 9.28. The van der Waals surface area contributed by atoms with Crippen molar-refractivity contribution in [2.24, 2.45) is 0 Å². The van der Waals surface area contributed by atoms with E-state index < -0.39 is 0 Å². The summed E-state index contributed by atoms with van der Waals surface area (Å²) in [6.07, 6.45) is 2.37. The second-order valence-electron chi connectivity index (χ2n) is 6.36. The van der Waals surface area contributed by atoms with Crippen LogP contribution in [0.2, 0.25) is 0 Å². The average molecular weight is 278 g/mol. The van der Waals surface area contributed by atoms with Gasteiger partial charge in [-0.25, -0.2) is 9.97 Å². The summed E-state index contributed by atoms with van der Waals surface area (Å²) in [5.41, 5.74) is -0.0887. The fourth-order valence-electron chi connectivity index (χ4n) is 2.17. The van der Waals surface area contributed by atoms with Gasteiger partial charge in [0.2, 0.25) is 0 Å². The first-order valence-corrected chi connectivity index (χ1v) is 7.46. The summed E-state index contributed by atoms with van der Waals surface area (Å²) in [4.78, 5) is 11.5. The first kappa shape index (κ1) is 15.0. The van der Waals surface area contributed by atoms with Crippen LogP contribution in [0.15, 0.2) is 6.07 Å². The molecule has 5 heteroatoms. The molecule has 0 amide bonds. The highest BCUT2D eigenvalue weighted by Gasteiger charge is 2.31. The van der Waals surface area contributed by atoms with Crippen molar-refractivity contribution in [1.29, 1.82) is 0 Å². The highest BCUT2D eigenvalue weighted by molar-refractivity contribution is 5.51. The summed E-state index contributed by atoms with van der Waals surface area (Å²) in [5, 5.41) is 12.6. The van der Waals surface area contributed by atoms with Crippen molar-refractivity contribution in [3.8, 4) is 0 Å². The molecule has 0 aromatic carbocycles. The highest BCUT2D eigenvalue weighted by atomic mass is 16.3. The number of aliphatic hydroxyl groups excluding tert-OH is 1. The molecule has 0 radical (unpaired) electrons. The van der Waals surface area contributed by atoms with Gasteiger partial charge in [-0.1, -0.05) is 20.8 Å². The Balaban J connectivity index is 2.36. The van der Waals surface area contributed by atoms with E-state index in [9.17, 15) is 5.11 Å². The minimum Gasteiger partial charge on any atom is -0.395 e. The van der Waals surface area contributed by atoms with E-state index in [1.807, 2.05) is 6.07 Å². The minimum atomic E-state index is -0.0887. The van der Waals surface area contributed by atoms with Gasteiger partial charge in [0, 0.05) is 30.6 Å². The van der Waals surface area contributed by atoms with Crippen LogP contribution < -0.4 is 10.2 Å². The molecule has 1 aliphatic rings. The van der Waals surface area contributed by atoms with Crippen LogP contribution in [0.4, 0.5) is 11.6 Å². The van der Waals surface area contributed by atoms with Gasteiger partial charge in [-0.3, -0.25) is 0 Å². The molecule has 1 fully saturated rings. The second-order valence-corrected chi connectivity index (χ2v) is 6.36. The van der Waals surface area contributed by atoms with Crippen LogP contribution >= 0.6 is 0 Å². The van der Waals surface area contributed by atoms with Crippen molar-refractivity contribution < 1.29 is 5.11 Å². The molecule has 1 aromatic heterocycles. The maximum atomic E-state index is 9.28. The van der Waals surface area contributed by atoms with Crippen molar-refractivity contribution in [2.75, 3.05) is 29.9 Å². The molecule has 0 bridgehead atoms. The molecular formula is C15H26N4O. The van der Waals surface area contributed by atoms with Crippen molar-refractivity contribution >= 4 is 11.6 Å². The Kier molecular flexibility index (Phi) is 4.48. The summed E-state index contributed by atoms with van der Waals surface area (Å²) in [5.74, 6) is 2.64. The fourth-order valence-corrected chi connectivity index (χ4v) is 2.17. The molecule has 0 spiro atoms. The van der Waals surface area contributed by atoms with Gasteiger partial charge in [0.05, 0.1) is 6.61 Å². The molecule has 2 N–H and O–H groups in total. The molecule has 112 valence electrons. The van der Waals surface area contributed by atoms with Gasteiger partial charge >= 0.3 is 0 Å². The predicted molar refractivity (Wildman–Crippen MR) is 82.3 cm³/mol. The van der Waals surface area contributed by atoms with Gasteiger partial charge in [0.15, 0.2) is 0 Å². The topological polar surface area (TPSA) is 61.3 Å². The zero-order valence-electron chi connectivity index (χ0n) is 13.0. The number of hydrogen-bond acceptors (Lipinski definition) is 5. The zero-order chi connectivity index (χ0) is 14.8. The first-order valence-electron chi connectivity index (χ1n) is 7.46. The molecule has 0 aliphatic heterocycles. The molecule has 0 atom stereocenters. The second kappa shape index (κ2) is 5.95. The molecular weight excluding hydrogens is 252 g/mol. The minimum absolute atomic E-state index is 0.0887. The fraction of sp³-hybridized carbons (Fsp3) is 0.733. The number of hydrogen-bond donors (Lipinski definition) is 2. The smallest absolute Gasteiger partial charge is 0.138 e. The largest absolute Gasteiger partial charge is 0.395 e. The summed E-state index contributed by atoms with van der Waals surface area (Å²) in [6, 6.07) is 2.52. The van der Waals surface area contributed by atoms with E-state index in [0.29, 0.717) is 12.6 Å². The summed E-state index contributed by atoms with van der Waals surface area (Å²) >= 11 is 0. The molecule has 0 saturated heterocycles. The van der Waals surface area contributed by atoms with Crippen molar-refractivity contribution in [3.63, 3.8) is 0 Å². The molecule has 5 nitrogen and oxygen atoms in total. The van der Waals surface area contributed by atoms with E-state index in [4.69, 9.17) is 4.98 Å². The molecule has 20 heavy (non-hydrogen) atoms. The third kappa shape index (κ3) is 3.60. The molecule has 1 saturated carbocycles. The number of aromatic nitrogens is 2. The van der Waals surface area contributed by atoms with E-state index in [2.05, 4.69) is 42.9 Å². The van der Waals surface area contributed by atoms with E-state index in [1.165, 1.54) is 12.8 Å². The average Bonchev–Trinajstić information content (AvgIpc) is 3.19. The van der Waals surface area contributed by atoms with Crippen molar-refractivity contribution in [3.05, 3.63) is 11.9 Å². The van der Waals surface area contributed by atoms with E-state index >= 15 is 0 Å². The lowest BCUT2D eigenvalue weighted by atomic mass is 9.96. The van der Waals surface area contributed by atoms with Gasteiger partial charge < -0.3 is 15.3 Å². The van der Waals surface area contributed by atoms with Crippen LogP contribution in [0.1, 0.15) is 46.4 Å². The molecule has 1 heterocycles. The molecule has 0 unspecified atom stereocenters. The summed E-state index contributed by atoms with van der Waals surface area (Å²) in [6.45, 7) is 10.0. The van der Waals surface area contributed by atoms with E-state index in [0.717, 1.165) is 24.0 Å². The Morgan fingerprint density at radius 1 is 1.35 bits per heavy atom.